The van der Waals surface area contributed by atoms with E-state index in [1.54, 1.807) is 0 Å². The van der Waals surface area contributed by atoms with Crippen molar-refractivity contribution in [3.8, 4) is 11.1 Å². The molecule has 126 valence electrons. The lowest BCUT2D eigenvalue weighted by Crippen LogP contribution is -1.89. The molecule has 0 unspecified atom stereocenters. The molecule has 0 atom stereocenters. The van der Waals surface area contributed by atoms with Crippen LogP contribution < -0.4 is 5.32 Å². The van der Waals surface area contributed by atoms with Crippen LogP contribution in [0, 0.1) is 0 Å². The van der Waals surface area contributed by atoms with Gasteiger partial charge in [0, 0.05) is 34.3 Å². The number of aryl methyl sites for hydroxylation is 1. The number of allylic oxidation sites excluding steroid dienone is 1. The van der Waals surface area contributed by atoms with Gasteiger partial charge in [-0.1, -0.05) is 60.7 Å². The molecule has 1 aromatic heterocycles. The molecule has 2 nitrogen and oxygen atoms in total. The Bertz CT molecular complexity index is 1090. The van der Waals surface area contributed by atoms with E-state index in [0.717, 1.165) is 41.1 Å². The number of para-hydroxylation sites is 2. The second kappa shape index (κ2) is 6.23. The van der Waals surface area contributed by atoms with E-state index < -0.39 is 0 Å². The predicted octanol–water partition coefficient (Wildman–Crippen LogP) is 6.80. The van der Waals surface area contributed by atoms with Gasteiger partial charge in [-0.2, -0.15) is 0 Å². The molecule has 5 rings (SSSR count). The van der Waals surface area contributed by atoms with Crippen molar-refractivity contribution in [2.75, 3.05) is 5.32 Å². The van der Waals surface area contributed by atoms with Crippen LogP contribution in [-0.4, -0.2) is 0 Å². The monoisotopic (exact) mass is 337 g/mol. The molecule has 0 spiro atoms. The fourth-order valence-electron chi connectivity index (χ4n) is 3.62. The van der Waals surface area contributed by atoms with Gasteiger partial charge in [0.05, 0.1) is 0 Å². The minimum absolute atomic E-state index is 0.986. The van der Waals surface area contributed by atoms with Crippen molar-refractivity contribution in [2.24, 2.45) is 0 Å². The van der Waals surface area contributed by atoms with Crippen LogP contribution >= 0.6 is 0 Å². The Balaban J connectivity index is 1.52. The first kappa shape index (κ1) is 15.0. The Morgan fingerprint density at radius 3 is 2.42 bits per heavy atom. The Hall–Kier alpha value is -3.26. The molecule has 0 aliphatic heterocycles. The van der Waals surface area contributed by atoms with Gasteiger partial charge in [-0.25, -0.2) is 0 Å². The van der Waals surface area contributed by atoms with Crippen LogP contribution in [-0.2, 0) is 6.42 Å². The Morgan fingerprint density at radius 1 is 0.769 bits per heavy atom. The van der Waals surface area contributed by atoms with Crippen molar-refractivity contribution in [1.29, 1.82) is 0 Å². The quantitative estimate of drug-likeness (QED) is 0.444. The number of hydrogen-bond acceptors (Lipinski definition) is 2. The van der Waals surface area contributed by atoms with Crippen LogP contribution in [0.3, 0.4) is 0 Å². The van der Waals surface area contributed by atoms with Gasteiger partial charge in [-0.3, -0.25) is 0 Å². The largest absolute Gasteiger partial charge is 0.460 e. The van der Waals surface area contributed by atoms with Crippen molar-refractivity contribution in [1.82, 2.24) is 0 Å². The molecule has 4 aromatic rings. The average Bonchev–Trinajstić information content (AvgIpc) is 3.08. The van der Waals surface area contributed by atoms with Crippen LogP contribution in [0.5, 0.6) is 0 Å². The standard InChI is InChI=1S/C24H19NO/c1-2-7-18(8-3-1)25-19-15-13-17(14-16-19)20-10-6-11-22-21-9-4-5-12-23(21)26-24(20)22/h1-4,6-11,13-16,25H,5,12H2. The number of fused-ring (bicyclic) bond motifs is 3. The highest BCUT2D eigenvalue weighted by molar-refractivity contribution is 5.98. The number of furan rings is 1. The van der Waals surface area contributed by atoms with Gasteiger partial charge >= 0.3 is 0 Å². The van der Waals surface area contributed by atoms with Gasteiger partial charge in [0.25, 0.3) is 0 Å². The Kier molecular flexibility index (Phi) is 3.60. The fraction of sp³-hybridized carbons (Fsp3) is 0.0833. The SMILES string of the molecule is C1=Cc2c(oc3c(-c4ccc(Nc5ccccc5)cc4)cccc23)CC1. The first-order valence-corrected chi connectivity index (χ1v) is 9.02. The van der Waals surface area contributed by atoms with E-state index in [9.17, 15) is 0 Å². The molecule has 0 bridgehead atoms. The van der Waals surface area contributed by atoms with Crippen LogP contribution in [0.1, 0.15) is 17.7 Å². The Labute approximate surface area is 152 Å². The normalized spacial score (nSPS) is 12.9. The van der Waals surface area contributed by atoms with E-state index in [1.165, 1.54) is 16.5 Å². The molecule has 0 amide bonds. The summed E-state index contributed by atoms with van der Waals surface area (Å²) in [5.74, 6) is 1.11. The maximum absolute atomic E-state index is 6.24. The summed E-state index contributed by atoms with van der Waals surface area (Å²) in [6.45, 7) is 0. The molecule has 0 saturated heterocycles. The van der Waals surface area contributed by atoms with Crippen molar-refractivity contribution >= 4 is 28.4 Å². The maximum Gasteiger partial charge on any atom is 0.142 e. The van der Waals surface area contributed by atoms with Gasteiger partial charge in [0.2, 0.25) is 0 Å². The van der Waals surface area contributed by atoms with E-state index in [-0.39, 0.29) is 0 Å². The molecule has 0 saturated carbocycles. The molecule has 2 heteroatoms. The number of anilines is 2. The summed E-state index contributed by atoms with van der Waals surface area (Å²) in [4.78, 5) is 0. The van der Waals surface area contributed by atoms with Crippen LogP contribution in [0.25, 0.3) is 28.2 Å². The number of benzene rings is 3. The van der Waals surface area contributed by atoms with Gasteiger partial charge in [-0.15, -0.1) is 0 Å². The summed E-state index contributed by atoms with van der Waals surface area (Å²) < 4.78 is 6.24. The number of rotatable bonds is 3. The number of hydrogen-bond donors (Lipinski definition) is 1. The maximum atomic E-state index is 6.24. The number of nitrogens with one attached hydrogen (secondary N) is 1. The van der Waals surface area contributed by atoms with Gasteiger partial charge in [-0.05, 0) is 36.2 Å². The first-order chi connectivity index (χ1) is 12.9. The lowest BCUT2D eigenvalue weighted by Gasteiger charge is -2.08. The molecule has 26 heavy (non-hydrogen) atoms. The van der Waals surface area contributed by atoms with Gasteiger partial charge < -0.3 is 9.73 Å². The minimum atomic E-state index is 0.986. The van der Waals surface area contributed by atoms with Gasteiger partial charge in [0.15, 0.2) is 0 Å². The molecule has 1 heterocycles. The second-order valence-electron chi connectivity index (χ2n) is 6.63. The highest BCUT2D eigenvalue weighted by Gasteiger charge is 2.17. The summed E-state index contributed by atoms with van der Waals surface area (Å²) in [6, 6.07) is 25.2. The summed E-state index contributed by atoms with van der Waals surface area (Å²) in [5.41, 5.74) is 6.73. The van der Waals surface area contributed by atoms with E-state index >= 15 is 0 Å². The minimum Gasteiger partial charge on any atom is -0.460 e. The van der Waals surface area contributed by atoms with Crippen molar-refractivity contribution in [3.05, 3.63) is 90.2 Å². The van der Waals surface area contributed by atoms with E-state index in [0.29, 0.717) is 0 Å². The molecule has 1 aliphatic rings. The van der Waals surface area contributed by atoms with Crippen molar-refractivity contribution in [2.45, 2.75) is 12.8 Å². The molecule has 1 N–H and O–H groups in total. The van der Waals surface area contributed by atoms with Crippen LogP contribution in [0.4, 0.5) is 11.4 Å². The van der Waals surface area contributed by atoms with E-state index in [1.807, 2.05) is 18.2 Å². The zero-order valence-electron chi connectivity index (χ0n) is 14.4. The summed E-state index contributed by atoms with van der Waals surface area (Å²) in [5, 5.41) is 4.64. The summed E-state index contributed by atoms with van der Waals surface area (Å²) in [6.07, 6.45) is 6.47. The topological polar surface area (TPSA) is 25.2 Å². The second-order valence-corrected chi connectivity index (χ2v) is 6.63. The highest BCUT2D eigenvalue weighted by atomic mass is 16.3. The molecular formula is C24H19NO. The van der Waals surface area contributed by atoms with Gasteiger partial charge in [0.1, 0.15) is 11.3 Å². The summed E-state index contributed by atoms with van der Waals surface area (Å²) in [7, 11) is 0. The third kappa shape index (κ3) is 2.60. The molecule has 3 aromatic carbocycles. The molecule has 0 fully saturated rings. The lowest BCUT2D eigenvalue weighted by atomic mass is 9.99. The van der Waals surface area contributed by atoms with E-state index in [4.69, 9.17) is 4.42 Å². The third-order valence-corrected chi connectivity index (χ3v) is 4.91. The predicted molar refractivity (Wildman–Crippen MR) is 109 cm³/mol. The Morgan fingerprint density at radius 2 is 1.58 bits per heavy atom. The van der Waals surface area contributed by atoms with Crippen LogP contribution in [0.2, 0.25) is 0 Å². The highest BCUT2D eigenvalue weighted by Crippen LogP contribution is 2.37. The van der Waals surface area contributed by atoms with Crippen LogP contribution in [0.15, 0.2) is 83.3 Å². The van der Waals surface area contributed by atoms with E-state index in [2.05, 4.69) is 72.1 Å². The zero-order chi connectivity index (χ0) is 17.3. The lowest BCUT2D eigenvalue weighted by molar-refractivity contribution is 0.547. The third-order valence-electron chi connectivity index (χ3n) is 4.91. The molecule has 1 aliphatic carbocycles. The average molecular weight is 337 g/mol. The fourth-order valence-corrected chi connectivity index (χ4v) is 3.62. The zero-order valence-corrected chi connectivity index (χ0v) is 14.4. The summed E-state index contributed by atoms with van der Waals surface area (Å²) >= 11 is 0. The van der Waals surface area contributed by atoms with Crippen molar-refractivity contribution in [3.63, 3.8) is 0 Å². The van der Waals surface area contributed by atoms with Crippen molar-refractivity contribution < 1.29 is 4.42 Å². The molecule has 0 radical (unpaired) electrons. The smallest absolute Gasteiger partial charge is 0.142 e. The first-order valence-electron chi connectivity index (χ1n) is 9.02. The molecular weight excluding hydrogens is 318 g/mol.